The average Bonchev–Trinajstić information content (AvgIpc) is 2.85. The predicted octanol–water partition coefficient (Wildman–Crippen LogP) is 4.76. The largest absolute Gasteiger partial charge is 0.507 e. The monoisotopic (exact) mass is 504 g/mol. The Labute approximate surface area is 210 Å². The van der Waals surface area contributed by atoms with Crippen molar-refractivity contribution in [2.75, 3.05) is 6.61 Å². The molecule has 0 amide bonds. The maximum Gasteiger partial charge on any atom is 0.312 e. The van der Waals surface area contributed by atoms with E-state index in [1.165, 1.54) is 12.1 Å². The highest BCUT2D eigenvalue weighted by Crippen LogP contribution is 2.48. The molecule has 0 unspecified atom stereocenters. The number of hydrogen-bond acceptors (Lipinski definition) is 9. The van der Waals surface area contributed by atoms with E-state index >= 15 is 0 Å². The number of carbonyl (C=O) groups excluding carboxylic acids is 1. The smallest absolute Gasteiger partial charge is 0.312 e. The van der Waals surface area contributed by atoms with E-state index in [4.69, 9.17) is 13.9 Å². The van der Waals surface area contributed by atoms with Crippen molar-refractivity contribution in [1.29, 1.82) is 0 Å². The summed E-state index contributed by atoms with van der Waals surface area (Å²) in [5.74, 6) is -2.89. The highest BCUT2D eigenvalue weighted by Gasteiger charge is 2.35. The summed E-state index contributed by atoms with van der Waals surface area (Å²) < 4.78 is 17.5. The topological polar surface area (TPSA) is 147 Å². The van der Waals surface area contributed by atoms with Gasteiger partial charge in [0.25, 0.3) is 0 Å². The minimum atomic E-state index is -0.913. The van der Waals surface area contributed by atoms with Crippen LogP contribution in [0.15, 0.2) is 57.7 Å². The van der Waals surface area contributed by atoms with Crippen molar-refractivity contribution >= 4 is 16.9 Å². The lowest BCUT2D eigenvalue weighted by atomic mass is 9.84. The fourth-order valence-corrected chi connectivity index (χ4v) is 4.46. The van der Waals surface area contributed by atoms with Crippen LogP contribution in [0, 0.1) is 5.92 Å². The van der Waals surface area contributed by atoms with Gasteiger partial charge >= 0.3 is 5.97 Å². The summed E-state index contributed by atoms with van der Waals surface area (Å²) in [5.41, 5.74) is 0.0940. The summed E-state index contributed by atoms with van der Waals surface area (Å²) in [6.07, 6.45) is -0.0884. The van der Waals surface area contributed by atoms with Crippen molar-refractivity contribution in [1.82, 2.24) is 0 Å². The third-order valence-corrected chi connectivity index (χ3v) is 6.17. The van der Waals surface area contributed by atoms with Crippen molar-refractivity contribution in [3.05, 3.63) is 69.9 Å². The third kappa shape index (κ3) is 4.18. The first-order valence-corrected chi connectivity index (χ1v) is 11.7. The second kappa shape index (κ2) is 9.09. The van der Waals surface area contributed by atoms with Crippen LogP contribution < -0.4 is 14.9 Å². The summed E-state index contributed by atoms with van der Waals surface area (Å²) in [6.45, 7) is 4.46. The molecule has 1 atom stereocenters. The number of fused-ring (bicyclic) bond motifs is 3. The number of phenols is 3. The van der Waals surface area contributed by atoms with Gasteiger partial charge in [-0.1, -0.05) is 32.0 Å². The molecule has 9 nitrogen and oxygen atoms in total. The Hall–Kier alpha value is -4.66. The minimum Gasteiger partial charge on any atom is -0.507 e. The van der Waals surface area contributed by atoms with Crippen LogP contribution in [0.2, 0.25) is 0 Å². The van der Waals surface area contributed by atoms with Gasteiger partial charge in [0.05, 0.1) is 13.0 Å². The predicted molar refractivity (Wildman–Crippen MR) is 133 cm³/mol. The molecule has 37 heavy (non-hydrogen) atoms. The van der Waals surface area contributed by atoms with Crippen molar-refractivity contribution in [3.63, 3.8) is 0 Å². The molecule has 0 fully saturated rings. The minimum absolute atomic E-state index is 0.0123. The lowest BCUT2D eigenvalue weighted by Gasteiger charge is -2.27. The molecule has 0 bridgehead atoms. The molecule has 0 saturated heterocycles. The standard InChI is InChI=1S/C28H24O9/c1-13(2)12-35-20-6-4-3-5-15(20)16-10-22(32)36-21-11-19(31)24-25(33)26(34)27(37-28(24)23(16)21)14-7-8-17(29)18(30)9-14/h3-9,11,13,16,29-31,34H,10,12H2,1-2H3/t16-/m0/s1. The maximum atomic E-state index is 13.2. The Bertz CT molecular complexity index is 1600. The lowest BCUT2D eigenvalue weighted by molar-refractivity contribution is -0.135. The van der Waals surface area contributed by atoms with E-state index < -0.39 is 40.3 Å². The maximum absolute atomic E-state index is 13.2. The molecule has 9 heteroatoms. The van der Waals surface area contributed by atoms with Crippen molar-refractivity contribution in [2.45, 2.75) is 26.2 Å². The number of phenolic OH excluding ortho intramolecular Hbond substituents is 3. The van der Waals surface area contributed by atoms with E-state index in [0.717, 1.165) is 12.1 Å². The van der Waals surface area contributed by atoms with Crippen LogP contribution in [0.1, 0.15) is 37.3 Å². The number of rotatable bonds is 5. The molecule has 3 aromatic carbocycles. The van der Waals surface area contributed by atoms with Gasteiger partial charge in [-0.15, -0.1) is 0 Å². The molecule has 1 aromatic heterocycles. The van der Waals surface area contributed by atoms with Crippen molar-refractivity contribution in [2.24, 2.45) is 5.92 Å². The Balaban J connectivity index is 1.80. The van der Waals surface area contributed by atoms with Gasteiger partial charge in [-0.05, 0) is 30.2 Å². The van der Waals surface area contributed by atoms with Gasteiger partial charge in [0.1, 0.15) is 28.2 Å². The molecular formula is C28H24O9. The molecular weight excluding hydrogens is 480 g/mol. The molecule has 190 valence electrons. The summed E-state index contributed by atoms with van der Waals surface area (Å²) >= 11 is 0. The van der Waals surface area contributed by atoms with E-state index in [9.17, 15) is 30.0 Å². The van der Waals surface area contributed by atoms with E-state index in [1.54, 1.807) is 18.2 Å². The second-order valence-electron chi connectivity index (χ2n) is 9.30. The second-order valence-corrected chi connectivity index (χ2v) is 9.30. The zero-order valence-corrected chi connectivity index (χ0v) is 20.0. The summed E-state index contributed by atoms with van der Waals surface area (Å²) in [5, 5.41) is 40.7. The summed E-state index contributed by atoms with van der Waals surface area (Å²) in [6, 6.07) is 12.0. The number of benzene rings is 3. The molecule has 0 radical (unpaired) electrons. The highest BCUT2D eigenvalue weighted by molar-refractivity contribution is 5.94. The van der Waals surface area contributed by atoms with Crippen LogP contribution in [-0.4, -0.2) is 33.0 Å². The normalized spacial score (nSPS) is 15.0. The van der Waals surface area contributed by atoms with E-state index in [-0.39, 0.29) is 40.4 Å². The highest BCUT2D eigenvalue weighted by atomic mass is 16.5. The molecule has 4 aromatic rings. The number of esters is 1. The van der Waals surface area contributed by atoms with E-state index in [2.05, 4.69) is 0 Å². The fraction of sp³-hybridized carbons (Fsp3) is 0.214. The first-order valence-electron chi connectivity index (χ1n) is 11.7. The van der Waals surface area contributed by atoms with Gasteiger partial charge in [0.2, 0.25) is 11.2 Å². The van der Waals surface area contributed by atoms with Crippen LogP contribution in [-0.2, 0) is 4.79 Å². The Morgan fingerprint density at radius 3 is 2.46 bits per heavy atom. The van der Waals surface area contributed by atoms with Crippen LogP contribution >= 0.6 is 0 Å². The number of carbonyl (C=O) groups is 1. The van der Waals surface area contributed by atoms with Gasteiger partial charge < -0.3 is 34.3 Å². The molecule has 4 N–H and O–H groups in total. The van der Waals surface area contributed by atoms with Gasteiger partial charge in [-0.25, -0.2) is 0 Å². The van der Waals surface area contributed by atoms with Crippen LogP contribution in [0.25, 0.3) is 22.3 Å². The Kier molecular flexibility index (Phi) is 5.91. The Morgan fingerprint density at radius 1 is 0.973 bits per heavy atom. The van der Waals surface area contributed by atoms with Gasteiger partial charge in [-0.3, -0.25) is 9.59 Å². The van der Waals surface area contributed by atoms with E-state index in [1.807, 2.05) is 19.9 Å². The molecule has 0 aliphatic carbocycles. The molecule has 1 aliphatic rings. The lowest BCUT2D eigenvalue weighted by Crippen LogP contribution is -2.22. The molecule has 0 spiro atoms. The first kappa shape index (κ1) is 24.1. The molecule has 0 saturated carbocycles. The number of para-hydroxylation sites is 1. The number of hydrogen-bond donors (Lipinski definition) is 4. The van der Waals surface area contributed by atoms with Gasteiger partial charge in [0, 0.05) is 28.7 Å². The molecule has 5 rings (SSSR count). The first-order chi connectivity index (χ1) is 17.7. The SMILES string of the molecule is CC(C)COc1ccccc1[C@@H]1CC(=O)Oc2cc(O)c3c(=O)c(O)c(-c4ccc(O)c(O)c4)oc3c21. The quantitative estimate of drug-likeness (QED) is 0.172. The summed E-state index contributed by atoms with van der Waals surface area (Å²) in [7, 11) is 0. The van der Waals surface area contributed by atoms with Crippen LogP contribution in [0.4, 0.5) is 0 Å². The van der Waals surface area contributed by atoms with E-state index in [0.29, 0.717) is 23.5 Å². The van der Waals surface area contributed by atoms with Gasteiger partial charge in [0.15, 0.2) is 17.3 Å². The summed E-state index contributed by atoms with van der Waals surface area (Å²) in [4.78, 5) is 25.8. The molecule has 2 heterocycles. The number of aromatic hydroxyl groups is 4. The fourth-order valence-electron chi connectivity index (χ4n) is 4.46. The van der Waals surface area contributed by atoms with Crippen molar-refractivity contribution < 1.29 is 39.1 Å². The van der Waals surface area contributed by atoms with Crippen LogP contribution in [0.3, 0.4) is 0 Å². The van der Waals surface area contributed by atoms with Gasteiger partial charge in [-0.2, -0.15) is 0 Å². The van der Waals surface area contributed by atoms with Crippen molar-refractivity contribution in [3.8, 4) is 45.8 Å². The zero-order valence-electron chi connectivity index (χ0n) is 20.0. The number of ether oxygens (including phenoxy) is 2. The zero-order chi connectivity index (χ0) is 26.4. The Morgan fingerprint density at radius 2 is 1.73 bits per heavy atom. The van der Waals surface area contributed by atoms with Crippen LogP contribution in [0.5, 0.6) is 34.5 Å². The third-order valence-electron chi connectivity index (χ3n) is 6.17. The average molecular weight is 504 g/mol. The molecule has 1 aliphatic heterocycles.